The standard InChI is InChI=1S/C20H20N2O9/c1-29-17-7-13(19(21(25)26)15(9-17)11-23)3-5-31-6-4-14-8-18(30-2)10-16(12-24)20(14)22(27)28/h7-12H,3-6H2,1-2H3. The van der Waals surface area contributed by atoms with E-state index in [-0.39, 0.29) is 59.7 Å². The number of rotatable bonds is 12. The molecule has 11 nitrogen and oxygen atoms in total. The normalized spacial score (nSPS) is 10.4. The Morgan fingerprint density at radius 2 is 1.16 bits per heavy atom. The van der Waals surface area contributed by atoms with Crippen molar-refractivity contribution in [3.8, 4) is 11.5 Å². The lowest BCUT2D eigenvalue weighted by Crippen LogP contribution is -2.08. The lowest BCUT2D eigenvalue weighted by molar-refractivity contribution is -0.385. The number of nitro benzene ring substituents is 2. The first-order valence-electron chi connectivity index (χ1n) is 9.04. The van der Waals surface area contributed by atoms with Gasteiger partial charge < -0.3 is 14.2 Å². The Morgan fingerprint density at radius 3 is 1.45 bits per heavy atom. The zero-order chi connectivity index (χ0) is 23.0. The van der Waals surface area contributed by atoms with Crippen LogP contribution in [-0.4, -0.2) is 49.9 Å². The first-order valence-corrected chi connectivity index (χ1v) is 9.04. The molecule has 0 aliphatic carbocycles. The molecule has 2 aromatic rings. The number of benzene rings is 2. The maximum Gasteiger partial charge on any atom is 0.283 e. The van der Waals surface area contributed by atoms with Gasteiger partial charge >= 0.3 is 0 Å². The summed E-state index contributed by atoms with van der Waals surface area (Å²) in [5.74, 6) is 0.604. The molecule has 31 heavy (non-hydrogen) atoms. The van der Waals surface area contributed by atoms with Crippen LogP contribution in [0.2, 0.25) is 0 Å². The van der Waals surface area contributed by atoms with Crippen LogP contribution in [0.5, 0.6) is 11.5 Å². The summed E-state index contributed by atoms with van der Waals surface area (Å²) in [6.45, 7) is 0.120. The van der Waals surface area contributed by atoms with Crippen molar-refractivity contribution in [3.63, 3.8) is 0 Å². The van der Waals surface area contributed by atoms with Crippen molar-refractivity contribution in [3.05, 3.63) is 66.7 Å². The van der Waals surface area contributed by atoms with Gasteiger partial charge in [0.25, 0.3) is 11.4 Å². The van der Waals surface area contributed by atoms with Crippen LogP contribution in [0.4, 0.5) is 11.4 Å². The minimum absolute atomic E-state index is 0.0601. The maximum atomic E-state index is 11.4. The number of carbonyl (C=O) groups is 2. The highest BCUT2D eigenvalue weighted by atomic mass is 16.6. The fourth-order valence-electron chi connectivity index (χ4n) is 3.09. The molecule has 0 aliphatic rings. The fourth-order valence-corrected chi connectivity index (χ4v) is 3.09. The van der Waals surface area contributed by atoms with Crippen LogP contribution in [0.3, 0.4) is 0 Å². The molecule has 0 saturated heterocycles. The zero-order valence-electron chi connectivity index (χ0n) is 16.9. The van der Waals surface area contributed by atoms with Crippen LogP contribution in [0.15, 0.2) is 24.3 Å². The predicted molar refractivity (Wildman–Crippen MR) is 108 cm³/mol. The van der Waals surface area contributed by atoms with Gasteiger partial charge in [0.05, 0.1) is 48.4 Å². The summed E-state index contributed by atoms with van der Waals surface area (Å²) in [7, 11) is 2.76. The molecule has 0 fully saturated rings. The van der Waals surface area contributed by atoms with E-state index in [2.05, 4.69) is 0 Å². The molecule has 2 aromatic carbocycles. The van der Waals surface area contributed by atoms with Crippen molar-refractivity contribution in [2.24, 2.45) is 0 Å². The quantitative estimate of drug-likeness (QED) is 0.213. The van der Waals surface area contributed by atoms with Gasteiger partial charge in [0.15, 0.2) is 12.6 Å². The molecule has 0 aromatic heterocycles. The second kappa shape index (κ2) is 10.8. The van der Waals surface area contributed by atoms with E-state index in [4.69, 9.17) is 14.2 Å². The summed E-state index contributed by atoms with van der Waals surface area (Å²) in [5, 5.41) is 22.7. The van der Waals surface area contributed by atoms with E-state index in [0.29, 0.717) is 24.1 Å². The second-order valence-corrected chi connectivity index (χ2v) is 6.31. The monoisotopic (exact) mass is 432 g/mol. The molecule has 0 aliphatic heterocycles. The highest BCUT2D eigenvalue weighted by Gasteiger charge is 2.22. The first kappa shape index (κ1) is 23.4. The fraction of sp³-hybridized carbons (Fsp3) is 0.300. The van der Waals surface area contributed by atoms with E-state index in [0.717, 1.165) is 0 Å². The van der Waals surface area contributed by atoms with E-state index in [1.54, 1.807) is 0 Å². The van der Waals surface area contributed by atoms with E-state index in [1.165, 1.54) is 38.5 Å². The Bertz CT molecular complexity index is 925. The van der Waals surface area contributed by atoms with Gasteiger partial charge in [-0.1, -0.05) is 0 Å². The highest BCUT2D eigenvalue weighted by Crippen LogP contribution is 2.30. The van der Waals surface area contributed by atoms with Crippen molar-refractivity contribution >= 4 is 23.9 Å². The lowest BCUT2D eigenvalue weighted by Gasteiger charge is -2.10. The maximum absolute atomic E-state index is 11.4. The molecule has 0 spiro atoms. The number of aldehydes is 2. The highest BCUT2D eigenvalue weighted by molar-refractivity contribution is 5.84. The van der Waals surface area contributed by atoms with Crippen molar-refractivity contribution in [1.82, 2.24) is 0 Å². The molecule has 164 valence electrons. The molecule has 0 radical (unpaired) electrons. The average Bonchev–Trinajstić information content (AvgIpc) is 2.76. The molecular formula is C20H20N2O9. The third-order valence-electron chi connectivity index (χ3n) is 4.51. The number of ether oxygens (including phenoxy) is 3. The minimum atomic E-state index is -0.640. The Morgan fingerprint density at radius 1 is 0.774 bits per heavy atom. The Balaban J connectivity index is 2.11. The summed E-state index contributed by atoms with van der Waals surface area (Å²) in [6.07, 6.45) is 1.01. The molecule has 0 bridgehead atoms. The molecule has 0 amide bonds. The van der Waals surface area contributed by atoms with Gasteiger partial charge in [0.2, 0.25) is 0 Å². The van der Waals surface area contributed by atoms with Crippen LogP contribution in [-0.2, 0) is 17.6 Å². The largest absolute Gasteiger partial charge is 0.497 e. The van der Waals surface area contributed by atoms with Crippen molar-refractivity contribution in [2.75, 3.05) is 27.4 Å². The second-order valence-electron chi connectivity index (χ2n) is 6.31. The van der Waals surface area contributed by atoms with Crippen molar-refractivity contribution in [1.29, 1.82) is 0 Å². The average molecular weight is 432 g/mol. The topological polar surface area (TPSA) is 148 Å². The Labute approximate surface area is 176 Å². The van der Waals surface area contributed by atoms with Gasteiger partial charge in [-0.3, -0.25) is 29.8 Å². The summed E-state index contributed by atoms with van der Waals surface area (Å²) in [4.78, 5) is 43.8. The number of methoxy groups -OCH3 is 2. The van der Waals surface area contributed by atoms with Gasteiger partial charge in [-0.15, -0.1) is 0 Å². The molecule has 11 heteroatoms. The van der Waals surface area contributed by atoms with Crippen molar-refractivity contribution in [2.45, 2.75) is 12.8 Å². The van der Waals surface area contributed by atoms with Gasteiger partial charge in [-0.2, -0.15) is 0 Å². The predicted octanol–water partition coefficient (Wildman–Crippen LogP) is 2.95. The minimum Gasteiger partial charge on any atom is -0.497 e. The molecule has 0 unspecified atom stereocenters. The number of carbonyl (C=O) groups excluding carboxylic acids is 2. The smallest absolute Gasteiger partial charge is 0.283 e. The van der Waals surface area contributed by atoms with Gasteiger partial charge in [0, 0.05) is 24.0 Å². The molecule has 0 heterocycles. The van der Waals surface area contributed by atoms with Crippen LogP contribution in [0.25, 0.3) is 0 Å². The summed E-state index contributed by atoms with van der Waals surface area (Å²) in [6, 6.07) is 5.47. The van der Waals surface area contributed by atoms with E-state index >= 15 is 0 Å². The van der Waals surface area contributed by atoms with Gasteiger partial charge in [-0.05, 0) is 24.3 Å². The lowest BCUT2D eigenvalue weighted by atomic mass is 10.0. The Kier molecular flexibility index (Phi) is 8.15. The van der Waals surface area contributed by atoms with Gasteiger partial charge in [-0.25, -0.2) is 0 Å². The summed E-state index contributed by atoms with van der Waals surface area (Å²) >= 11 is 0. The van der Waals surface area contributed by atoms with Gasteiger partial charge in [0.1, 0.15) is 11.5 Å². The van der Waals surface area contributed by atoms with Crippen LogP contribution in [0, 0.1) is 20.2 Å². The van der Waals surface area contributed by atoms with E-state index in [9.17, 15) is 29.8 Å². The number of hydrogen-bond acceptors (Lipinski definition) is 9. The number of hydrogen-bond donors (Lipinski definition) is 0. The van der Waals surface area contributed by atoms with Crippen LogP contribution in [0.1, 0.15) is 31.8 Å². The first-order chi connectivity index (χ1) is 14.9. The number of nitro groups is 2. The zero-order valence-corrected chi connectivity index (χ0v) is 16.9. The van der Waals surface area contributed by atoms with Crippen molar-refractivity contribution < 1.29 is 33.6 Å². The Hall–Kier alpha value is -3.86. The van der Waals surface area contributed by atoms with Crippen LogP contribution < -0.4 is 9.47 Å². The third-order valence-corrected chi connectivity index (χ3v) is 4.51. The summed E-state index contributed by atoms with van der Waals surface area (Å²) < 4.78 is 15.6. The molecule has 0 saturated carbocycles. The van der Waals surface area contributed by atoms with Crippen LogP contribution >= 0.6 is 0 Å². The SMILES string of the molecule is COc1cc(C=O)c([N+](=O)[O-])c(CCOCCc2cc(OC)cc(C=O)c2[N+](=O)[O-])c1. The molecule has 0 atom stereocenters. The summed E-state index contributed by atoms with van der Waals surface area (Å²) in [5.41, 5.74) is -0.318. The van der Waals surface area contributed by atoms with E-state index < -0.39 is 9.85 Å². The molecule has 0 N–H and O–H groups in total. The third kappa shape index (κ3) is 5.60. The number of nitrogens with zero attached hydrogens (tertiary/aromatic N) is 2. The molecule has 2 rings (SSSR count). The molecular weight excluding hydrogens is 412 g/mol. The van der Waals surface area contributed by atoms with E-state index in [1.807, 2.05) is 0 Å².